The van der Waals surface area contributed by atoms with Crippen LogP contribution in [0.4, 0.5) is 0 Å². The van der Waals surface area contributed by atoms with E-state index in [1.165, 1.54) is 11.8 Å². The predicted octanol–water partition coefficient (Wildman–Crippen LogP) is 3.64. The summed E-state index contributed by atoms with van der Waals surface area (Å²) in [5.41, 5.74) is 2.04. The Bertz CT molecular complexity index is 896. The molecule has 0 unspecified atom stereocenters. The zero-order chi connectivity index (χ0) is 19.9. The second-order valence-corrected chi connectivity index (χ2v) is 8.33. The number of thioether (sulfide) groups is 1. The molecular weight excluding hydrogens is 370 g/mol. The molecule has 146 valence electrons. The van der Waals surface area contributed by atoms with Crippen LogP contribution < -0.4 is 5.32 Å². The molecule has 0 radical (unpaired) electrons. The lowest BCUT2D eigenvalue weighted by atomic mass is 10.2. The zero-order valence-electron chi connectivity index (χ0n) is 16.4. The second-order valence-electron chi connectivity index (χ2n) is 7.02. The monoisotopic (exact) mass is 395 g/mol. The molecule has 6 nitrogen and oxygen atoms in total. The van der Waals surface area contributed by atoms with E-state index in [9.17, 15) is 4.79 Å². The van der Waals surface area contributed by atoms with Gasteiger partial charge in [0, 0.05) is 24.5 Å². The van der Waals surface area contributed by atoms with E-state index < -0.39 is 0 Å². The van der Waals surface area contributed by atoms with Crippen LogP contribution in [0.15, 0.2) is 60.0 Å². The lowest BCUT2D eigenvalue weighted by molar-refractivity contribution is -0.120. The van der Waals surface area contributed by atoms with Crippen molar-refractivity contribution >= 4 is 17.7 Å². The van der Waals surface area contributed by atoms with Crippen molar-refractivity contribution in [2.24, 2.45) is 5.92 Å². The molecule has 0 fully saturated rings. The van der Waals surface area contributed by atoms with Crippen molar-refractivity contribution in [2.75, 3.05) is 6.54 Å². The Hall–Kier alpha value is -2.67. The largest absolute Gasteiger partial charge is 0.355 e. The highest BCUT2D eigenvalue weighted by Crippen LogP contribution is 2.27. The third-order valence-corrected chi connectivity index (χ3v) is 5.24. The fourth-order valence-electron chi connectivity index (χ4n) is 2.65. The molecule has 1 N–H and O–H groups in total. The minimum atomic E-state index is -0.265. The van der Waals surface area contributed by atoms with Crippen molar-refractivity contribution in [1.82, 2.24) is 25.1 Å². The van der Waals surface area contributed by atoms with Gasteiger partial charge in [-0.3, -0.25) is 14.3 Å². The van der Waals surface area contributed by atoms with Crippen LogP contribution in [0.5, 0.6) is 0 Å². The molecule has 0 bridgehead atoms. The third kappa shape index (κ3) is 5.19. The van der Waals surface area contributed by atoms with Crippen molar-refractivity contribution in [3.05, 3.63) is 60.4 Å². The standard InChI is InChI=1S/C21H25N5OS/c1-15(2)12-23-20(27)16(3)28-21-25-24-19(18-10-7-11-22-13-18)26(21)14-17-8-5-4-6-9-17/h4-11,13,15-16H,12,14H2,1-3H3,(H,23,27)/t16-/m0/s1. The summed E-state index contributed by atoms with van der Waals surface area (Å²) in [6.07, 6.45) is 3.51. The van der Waals surface area contributed by atoms with Gasteiger partial charge >= 0.3 is 0 Å². The molecule has 28 heavy (non-hydrogen) atoms. The van der Waals surface area contributed by atoms with Crippen molar-refractivity contribution < 1.29 is 4.79 Å². The maximum Gasteiger partial charge on any atom is 0.233 e. The molecule has 7 heteroatoms. The summed E-state index contributed by atoms with van der Waals surface area (Å²) in [6.45, 7) is 7.34. The highest BCUT2D eigenvalue weighted by Gasteiger charge is 2.21. The Morgan fingerprint density at radius 2 is 1.89 bits per heavy atom. The fraction of sp³-hybridized carbons (Fsp3) is 0.333. The molecule has 2 aromatic heterocycles. The molecule has 1 atom stereocenters. The van der Waals surface area contributed by atoms with Crippen LogP contribution in [0.1, 0.15) is 26.3 Å². The quantitative estimate of drug-likeness (QED) is 0.590. The summed E-state index contributed by atoms with van der Waals surface area (Å²) in [7, 11) is 0. The van der Waals surface area contributed by atoms with E-state index in [1.807, 2.05) is 41.8 Å². The van der Waals surface area contributed by atoms with Crippen LogP contribution in [0, 0.1) is 5.92 Å². The molecule has 1 aromatic carbocycles. The SMILES string of the molecule is CC(C)CNC(=O)[C@H](C)Sc1nnc(-c2cccnc2)n1Cc1ccccc1. The first-order chi connectivity index (χ1) is 13.5. The first kappa shape index (κ1) is 20.1. The summed E-state index contributed by atoms with van der Waals surface area (Å²) in [4.78, 5) is 16.6. The Morgan fingerprint density at radius 1 is 1.11 bits per heavy atom. The van der Waals surface area contributed by atoms with Gasteiger partial charge in [-0.25, -0.2) is 0 Å². The van der Waals surface area contributed by atoms with Gasteiger partial charge in [-0.15, -0.1) is 10.2 Å². The van der Waals surface area contributed by atoms with Gasteiger partial charge in [0.2, 0.25) is 5.91 Å². The minimum Gasteiger partial charge on any atom is -0.355 e. The molecule has 0 aliphatic carbocycles. The molecule has 0 saturated carbocycles. The molecule has 0 saturated heterocycles. The average Bonchev–Trinajstić information content (AvgIpc) is 3.09. The van der Waals surface area contributed by atoms with Crippen LogP contribution in [0.25, 0.3) is 11.4 Å². The number of aromatic nitrogens is 4. The van der Waals surface area contributed by atoms with E-state index in [4.69, 9.17) is 0 Å². The number of hydrogen-bond donors (Lipinski definition) is 1. The van der Waals surface area contributed by atoms with Gasteiger partial charge in [0.15, 0.2) is 11.0 Å². The Kier molecular flexibility index (Phi) is 6.81. The second kappa shape index (κ2) is 9.50. The topological polar surface area (TPSA) is 72.7 Å². The van der Waals surface area contributed by atoms with E-state index in [0.29, 0.717) is 19.0 Å². The number of amides is 1. The molecule has 0 spiro atoms. The van der Waals surface area contributed by atoms with Crippen LogP contribution in [-0.2, 0) is 11.3 Å². The predicted molar refractivity (Wildman–Crippen MR) is 112 cm³/mol. The smallest absolute Gasteiger partial charge is 0.233 e. The molecule has 3 rings (SSSR count). The number of nitrogens with zero attached hydrogens (tertiary/aromatic N) is 4. The first-order valence-electron chi connectivity index (χ1n) is 9.36. The van der Waals surface area contributed by atoms with Crippen molar-refractivity contribution in [1.29, 1.82) is 0 Å². The minimum absolute atomic E-state index is 0.0101. The lowest BCUT2D eigenvalue weighted by Crippen LogP contribution is -2.33. The van der Waals surface area contributed by atoms with Gasteiger partial charge in [-0.05, 0) is 30.5 Å². The van der Waals surface area contributed by atoms with Gasteiger partial charge < -0.3 is 5.32 Å². The van der Waals surface area contributed by atoms with Crippen LogP contribution in [0.3, 0.4) is 0 Å². The van der Waals surface area contributed by atoms with Crippen LogP contribution in [-0.4, -0.2) is 37.5 Å². The summed E-state index contributed by atoms with van der Waals surface area (Å²) >= 11 is 1.42. The Morgan fingerprint density at radius 3 is 2.57 bits per heavy atom. The Balaban J connectivity index is 1.86. The fourth-order valence-corrected chi connectivity index (χ4v) is 3.53. The molecule has 3 aromatic rings. The van der Waals surface area contributed by atoms with E-state index in [1.54, 1.807) is 12.4 Å². The van der Waals surface area contributed by atoms with Crippen LogP contribution in [0.2, 0.25) is 0 Å². The van der Waals surface area contributed by atoms with Gasteiger partial charge in [-0.1, -0.05) is 55.9 Å². The number of benzene rings is 1. The Labute approximate surface area is 169 Å². The normalized spacial score (nSPS) is 12.1. The summed E-state index contributed by atoms with van der Waals surface area (Å²) in [5, 5.41) is 12.2. The molecule has 0 aliphatic heterocycles. The number of hydrogen-bond acceptors (Lipinski definition) is 5. The summed E-state index contributed by atoms with van der Waals surface area (Å²) < 4.78 is 2.04. The third-order valence-electron chi connectivity index (χ3n) is 4.16. The number of nitrogens with one attached hydrogen (secondary N) is 1. The van der Waals surface area contributed by atoms with E-state index in [-0.39, 0.29) is 11.2 Å². The van der Waals surface area contributed by atoms with Crippen molar-refractivity contribution in [3.8, 4) is 11.4 Å². The molecule has 0 aliphatic rings. The van der Waals surface area contributed by atoms with Crippen molar-refractivity contribution in [2.45, 2.75) is 37.7 Å². The number of rotatable bonds is 8. The maximum atomic E-state index is 12.4. The summed E-state index contributed by atoms with van der Waals surface area (Å²) in [5.74, 6) is 1.17. The van der Waals surface area contributed by atoms with E-state index in [2.05, 4.69) is 46.5 Å². The highest BCUT2D eigenvalue weighted by atomic mass is 32.2. The molecule has 1 amide bonds. The van der Waals surface area contributed by atoms with Gasteiger partial charge in [0.25, 0.3) is 0 Å². The first-order valence-corrected chi connectivity index (χ1v) is 10.2. The van der Waals surface area contributed by atoms with E-state index >= 15 is 0 Å². The maximum absolute atomic E-state index is 12.4. The lowest BCUT2D eigenvalue weighted by Gasteiger charge is -2.14. The van der Waals surface area contributed by atoms with Gasteiger partial charge in [-0.2, -0.15) is 0 Å². The number of carbonyl (C=O) groups excluding carboxylic acids is 1. The zero-order valence-corrected chi connectivity index (χ0v) is 17.2. The van der Waals surface area contributed by atoms with Crippen LogP contribution >= 0.6 is 11.8 Å². The molecular formula is C21H25N5OS. The van der Waals surface area contributed by atoms with Gasteiger partial charge in [0.05, 0.1) is 11.8 Å². The summed E-state index contributed by atoms with van der Waals surface area (Å²) in [6, 6.07) is 14.0. The number of carbonyl (C=O) groups is 1. The van der Waals surface area contributed by atoms with E-state index in [0.717, 1.165) is 22.1 Å². The average molecular weight is 396 g/mol. The van der Waals surface area contributed by atoms with Crippen molar-refractivity contribution in [3.63, 3.8) is 0 Å². The highest BCUT2D eigenvalue weighted by molar-refractivity contribution is 8.00. The molecule has 2 heterocycles. The van der Waals surface area contributed by atoms with Gasteiger partial charge in [0.1, 0.15) is 0 Å². The number of pyridine rings is 1.